The van der Waals surface area contributed by atoms with Gasteiger partial charge in [-0.3, -0.25) is 9.69 Å². The summed E-state index contributed by atoms with van der Waals surface area (Å²) in [5.41, 5.74) is 6.48. The smallest absolute Gasteiger partial charge is 0.239 e. The summed E-state index contributed by atoms with van der Waals surface area (Å²) >= 11 is 3.42. The molecule has 0 radical (unpaired) electrons. The lowest BCUT2D eigenvalue weighted by Crippen LogP contribution is -2.35. The molecule has 0 saturated carbocycles. The van der Waals surface area contributed by atoms with E-state index < -0.39 is 0 Å². The number of carbonyl (C=O) groups excluding carboxylic acids is 1. The molecule has 0 spiro atoms. The van der Waals surface area contributed by atoms with Gasteiger partial charge in [0.15, 0.2) is 0 Å². The van der Waals surface area contributed by atoms with Crippen molar-refractivity contribution >= 4 is 21.8 Å². The van der Waals surface area contributed by atoms with Gasteiger partial charge in [0.05, 0.1) is 0 Å². The Kier molecular flexibility index (Phi) is 3.61. The normalized spacial score (nSPS) is 18.6. The van der Waals surface area contributed by atoms with Crippen molar-refractivity contribution in [3.05, 3.63) is 34.3 Å². The zero-order valence-electron chi connectivity index (χ0n) is 9.03. The van der Waals surface area contributed by atoms with E-state index in [2.05, 4.69) is 20.8 Å². The molecule has 1 aliphatic rings. The summed E-state index contributed by atoms with van der Waals surface area (Å²) in [7, 11) is 0. The molecule has 1 atom stereocenters. The van der Waals surface area contributed by atoms with Crippen LogP contribution in [0.15, 0.2) is 28.7 Å². The highest BCUT2D eigenvalue weighted by Crippen LogP contribution is 2.26. The van der Waals surface area contributed by atoms with Crippen LogP contribution >= 0.6 is 15.9 Å². The maximum absolute atomic E-state index is 11.6. The van der Waals surface area contributed by atoms with Crippen LogP contribution in [0.5, 0.6) is 0 Å². The molecule has 1 aliphatic heterocycles. The summed E-state index contributed by atoms with van der Waals surface area (Å²) in [6.07, 6.45) is 2.30. The number of nitrogens with two attached hydrogens (primary N) is 1. The molecule has 86 valence electrons. The molecule has 16 heavy (non-hydrogen) atoms. The summed E-state index contributed by atoms with van der Waals surface area (Å²) in [5.74, 6) is -0.264. The van der Waals surface area contributed by atoms with Crippen LogP contribution in [0.2, 0.25) is 0 Å². The standard InChI is InChI=1S/C12H15BrN2O/c13-10-5-3-4-9(8-10)11(12(14)16)15-6-1-2-7-15/h3-5,8,11H,1-2,6-7H2,(H2,14,16). The predicted molar refractivity (Wildman–Crippen MR) is 66.9 cm³/mol. The van der Waals surface area contributed by atoms with E-state index in [1.54, 1.807) is 0 Å². The molecule has 0 aromatic heterocycles. The lowest BCUT2D eigenvalue weighted by molar-refractivity contribution is -0.123. The number of carbonyl (C=O) groups is 1. The Bertz CT molecular complexity index is 388. The van der Waals surface area contributed by atoms with Crippen molar-refractivity contribution < 1.29 is 4.79 Å². The van der Waals surface area contributed by atoms with Gasteiger partial charge in [-0.1, -0.05) is 28.1 Å². The second-order valence-electron chi connectivity index (χ2n) is 4.10. The van der Waals surface area contributed by atoms with E-state index in [0.717, 1.165) is 36.0 Å². The molecule has 1 heterocycles. The SMILES string of the molecule is NC(=O)C(c1cccc(Br)c1)N1CCCC1. The number of amides is 1. The molecule has 1 fully saturated rings. The first-order valence-corrected chi connectivity index (χ1v) is 6.26. The third kappa shape index (κ3) is 2.44. The van der Waals surface area contributed by atoms with Gasteiger partial charge in [0.1, 0.15) is 6.04 Å². The molecule has 3 nitrogen and oxygen atoms in total. The summed E-state index contributed by atoms with van der Waals surface area (Å²) in [6.45, 7) is 1.92. The average molecular weight is 283 g/mol. The van der Waals surface area contributed by atoms with Gasteiger partial charge in [0.25, 0.3) is 0 Å². The van der Waals surface area contributed by atoms with Gasteiger partial charge < -0.3 is 5.73 Å². The number of rotatable bonds is 3. The second kappa shape index (κ2) is 4.97. The number of hydrogen-bond donors (Lipinski definition) is 1. The van der Waals surface area contributed by atoms with Crippen LogP contribution in [-0.2, 0) is 4.79 Å². The van der Waals surface area contributed by atoms with Crippen LogP contribution in [0.25, 0.3) is 0 Å². The number of hydrogen-bond acceptors (Lipinski definition) is 2. The minimum Gasteiger partial charge on any atom is -0.368 e. The summed E-state index contributed by atoms with van der Waals surface area (Å²) < 4.78 is 0.982. The largest absolute Gasteiger partial charge is 0.368 e. The Morgan fingerprint density at radius 3 is 2.62 bits per heavy atom. The van der Waals surface area contributed by atoms with Gasteiger partial charge in [-0.15, -0.1) is 0 Å². The van der Waals surface area contributed by atoms with Crippen LogP contribution < -0.4 is 5.73 Å². The first kappa shape index (κ1) is 11.6. The van der Waals surface area contributed by atoms with Crippen molar-refractivity contribution in [2.24, 2.45) is 5.73 Å². The third-order valence-electron chi connectivity index (χ3n) is 2.94. The van der Waals surface area contributed by atoms with Gasteiger partial charge in [-0.2, -0.15) is 0 Å². The van der Waals surface area contributed by atoms with Crippen LogP contribution in [0.1, 0.15) is 24.4 Å². The van der Waals surface area contributed by atoms with Crippen molar-refractivity contribution in [3.63, 3.8) is 0 Å². The van der Waals surface area contributed by atoms with Crippen LogP contribution in [0.4, 0.5) is 0 Å². The molecule has 0 aliphatic carbocycles. The topological polar surface area (TPSA) is 46.3 Å². The van der Waals surface area contributed by atoms with Crippen LogP contribution in [-0.4, -0.2) is 23.9 Å². The molecule has 1 amide bonds. The monoisotopic (exact) mass is 282 g/mol. The fourth-order valence-corrected chi connectivity index (χ4v) is 2.65. The fraction of sp³-hybridized carbons (Fsp3) is 0.417. The van der Waals surface area contributed by atoms with E-state index >= 15 is 0 Å². The third-order valence-corrected chi connectivity index (χ3v) is 3.43. The van der Waals surface area contributed by atoms with Crippen LogP contribution in [0, 0.1) is 0 Å². The van der Waals surface area contributed by atoms with Crippen molar-refractivity contribution in [1.29, 1.82) is 0 Å². The Hall–Kier alpha value is -0.870. The molecule has 4 heteroatoms. The fourth-order valence-electron chi connectivity index (χ4n) is 2.23. The Balaban J connectivity index is 2.28. The highest BCUT2D eigenvalue weighted by atomic mass is 79.9. The minimum atomic E-state index is -0.278. The second-order valence-corrected chi connectivity index (χ2v) is 5.02. The molecule has 1 unspecified atom stereocenters. The number of halogens is 1. The first-order chi connectivity index (χ1) is 7.68. The number of primary amides is 1. The summed E-state index contributed by atoms with van der Waals surface area (Å²) in [6, 6.07) is 7.53. The van der Waals surface area contributed by atoms with E-state index in [1.165, 1.54) is 0 Å². The van der Waals surface area contributed by atoms with Crippen molar-refractivity contribution in [1.82, 2.24) is 4.90 Å². The number of likely N-dealkylation sites (tertiary alicyclic amines) is 1. The highest BCUT2D eigenvalue weighted by Gasteiger charge is 2.27. The molecule has 0 bridgehead atoms. The quantitative estimate of drug-likeness (QED) is 0.923. The van der Waals surface area contributed by atoms with Crippen LogP contribution in [0.3, 0.4) is 0 Å². The molecular formula is C12H15BrN2O. The zero-order chi connectivity index (χ0) is 11.5. The van der Waals surface area contributed by atoms with Gasteiger partial charge in [-0.05, 0) is 43.6 Å². The first-order valence-electron chi connectivity index (χ1n) is 5.47. The molecular weight excluding hydrogens is 268 g/mol. The Morgan fingerprint density at radius 2 is 2.06 bits per heavy atom. The molecule has 2 N–H and O–H groups in total. The van der Waals surface area contributed by atoms with E-state index in [9.17, 15) is 4.79 Å². The summed E-state index contributed by atoms with van der Waals surface area (Å²) in [5, 5.41) is 0. The lowest BCUT2D eigenvalue weighted by Gasteiger charge is -2.25. The van der Waals surface area contributed by atoms with Gasteiger partial charge >= 0.3 is 0 Å². The maximum atomic E-state index is 11.6. The van der Waals surface area contributed by atoms with E-state index in [1.807, 2.05) is 24.3 Å². The molecule has 1 saturated heterocycles. The highest BCUT2D eigenvalue weighted by molar-refractivity contribution is 9.10. The van der Waals surface area contributed by atoms with Crippen molar-refractivity contribution in [3.8, 4) is 0 Å². The van der Waals surface area contributed by atoms with Crippen molar-refractivity contribution in [2.75, 3.05) is 13.1 Å². The predicted octanol–water partition coefficient (Wildman–Crippen LogP) is 2.07. The van der Waals surface area contributed by atoms with Gasteiger partial charge in [0, 0.05) is 4.47 Å². The van der Waals surface area contributed by atoms with E-state index in [-0.39, 0.29) is 11.9 Å². The Morgan fingerprint density at radius 1 is 1.38 bits per heavy atom. The Labute approximate surface area is 104 Å². The lowest BCUT2D eigenvalue weighted by atomic mass is 10.1. The average Bonchev–Trinajstić information content (AvgIpc) is 2.71. The van der Waals surface area contributed by atoms with E-state index in [4.69, 9.17) is 5.73 Å². The maximum Gasteiger partial charge on any atom is 0.239 e. The molecule has 2 rings (SSSR count). The number of nitrogens with zero attached hydrogens (tertiary/aromatic N) is 1. The van der Waals surface area contributed by atoms with E-state index in [0.29, 0.717) is 0 Å². The van der Waals surface area contributed by atoms with Crippen molar-refractivity contribution in [2.45, 2.75) is 18.9 Å². The number of benzene rings is 1. The summed E-state index contributed by atoms with van der Waals surface area (Å²) in [4.78, 5) is 13.7. The minimum absolute atomic E-state index is 0.264. The molecule has 1 aromatic carbocycles. The van der Waals surface area contributed by atoms with Gasteiger partial charge in [-0.25, -0.2) is 0 Å². The zero-order valence-corrected chi connectivity index (χ0v) is 10.6. The molecule has 1 aromatic rings. The van der Waals surface area contributed by atoms with Gasteiger partial charge in [0.2, 0.25) is 5.91 Å².